The van der Waals surface area contributed by atoms with Crippen molar-refractivity contribution in [2.45, 2.75) is 12.8 Å². The number of hydrogen-bond donors (Lipinski definition) is 0. The lowest BCUT2D eigenvalue weighted by Gasteiger charge is -2.31. The highest BCUT2D eigenvalue weighted by molar-refractivity contribution is 5.97. The number of aromatic nitrogens is 2. The Morgan fingerprint density at radius 1 is 1.12 bits per heavy atom. The molecule has 0 atom stereocenters. The highest BCUT2D eigenvalue weighted by atomic mass is 16.7. The van der Waals surface area contributed by atoms with Crippen molar-refractivity contribution in [1.29, 1.82) is 0 Å². The minimum atomic E-state index is -0.0591. The molecule has 4 rings (SSSR count). The number of Topliss-reactive ketones (excluding diaryl/α,β-unsaturated/α-hetero) is 1. The number of piperidine rings is 1. The first kappa shape index (κ1) is 15.7. The van der Waals surface area contributed by atoms with Crippen LogP contribution in [0.4, 0.5) is 0 Å². The highest BCUT2D eigenvalue weighted by Gasteiger charge is 2.30. The van der Waals surface area contributed by atoms with E-state index in [2.05, 4.69) is 5.10 Å². The van der Waals surface area contributed by atoms with Crippen LogP contribution in [0.2, 0.25) is 0 Å². The van der Waals surface area contributed by atoms with Gasteiger partial charge >= 0.3 is 0 Å². The predicted molar refractivity (Wildman–Crippen MR) is 88.7 cm³/mol. The molecule has 2 aliphatic heterocycles. The number of amides is 1. The zero-order valence-electron chi connectivity index (χ0n) is 14.0. The summed E-state index contributed by atoms with van der Waals surface area (Å²) in [6.07, 6.45) is 2.96. The van der Waals surface area contributed by atoms with Gasteiger partial charge in [0, 0.05) is 37.8 Å². The van der Waals surface area contributed by atoms with Gasteiger partial charge in [-0.3, -0.25) is 14.3 Å². The molecular formula is C18H19N3O4. The Morgan fingerprint density at radius 3 is 2.60 bits per heavy atom. The molecule has 0 saturated carbocycles. The fraction of sp³-hybridized carbons (Fsp3) is 0.389. The molecule has 1 amide bonds. The Labute approximate surface area is 145 Å². The maximum Gasteiger partial charge on any atom is 0.253 e. The number of hydrogen-bond acceptors (Lipinski definition) is 5. The van der Waals surface area contributed by atoms with Gasteiger partial charge in [0.05, 0.1) is 0 Å². The summed E-state index contributed by atoms with van der Waals surface area (Å²) < 4.78 is 12.2. The molecule has 0 radical (unpaired) electrons. The van der Waals surface area contributed by atoms with Crippen molar-refractivity contribution in [3.63, 3.8) is 0 Å². The van der Waals surface area contributed by atoms with Gasteiger partial charge in [0.25, 0.3) is 5.91 Å². The van der Waals surface area contributed by atoms with Crippen molar-refractivity contribution in [1.82, 2.24) is 14.7 Å². The molecule has 1 fully saturated rings. The molecule has 130 valence electrons. The van der Waals surface area contributed by atoms with E-state index >= 15 is 0 Å². The third kappa shape index (κ3) is 2.86. The quantitative estimate of drug-likeness (QED) is 0.797. The van der Waals surface area contributed by atoms with E-state index in [0.717, 1.165) is 0 Å². The maximum absolute atomic E-state index is 12.7. The molecule has 1 saturated heterocycles. The Morgan fingerprint density at radius 2 is 1.88 bits per heavy atom. The molecule has 0 unspecified atom stereocenters. The number of benzene rings is 1. The van der Waals surface area contributed by atoms with Crippen LogP contribution in [0.5, 0.6) is 11.5 Å². The Kier molecular flexibility index (Phi) is 3.91. The molecule has 25 heavy (non-hydrogen) atoms. The molecule has 0 N–H and O–H groups in total. The number of rotatable bonds is 3. The van der Waals surface area contributed by atoms with E-state index in [9.17, 15) is 9.59 Å². The minimum Gasteiger partial charge on any atom is -0.454 e. The first-order valence-electron chi connectivity index (χ1n) is 8.34. The van der Waals surface area contributed by atoms with Crippen LogP contribution in [-0.4, -0.2) is 46.3 Å². The SMILES string of the molecule is Cn1nccc1C(=O)C1CCN(C(=O)c2ccc3c(c2)OCO3)CC1. The van der Waals surface area contributed by atoms with Crippen LogP contribution >= 0.6 is 0 Å². The monoisotopic (exact) mass is 341 g/mol. The molecule has 3 heterocycles. The summed E-state index contributed by atoms with van der Waals surface area (Å²) in [6, 6.07) is 6.97. The smallest absolute Gasteiger partial charge is 0.253 e. The molecule has 0 spiro atoms. The van der Waals surface area contributed by atoms with E-state index in [0.29, 0.717) is 48.7 Å². The van der Waals surface area contributed by atoms with Crippen LogP contribution in [0.25, 0.3) is 0 Å². The van der Waals surface area contributed by atoms with E-state index in [1.807, 2.05) is 0 Å². The van der Waals surface area contributed by atoms with Gasteiger partial charge in [0.1, 0.15) is 5.69 Å². The molecule has 1 aromatic heterocycles. The van der Waals surface area contributed by atoms with Crippen LogP contribution < -0.4 is 9.47 Å². The lowest BCUT2D eigenvalue weighted by atomic mass is 9.90. The Hall–Kier alpha value is -2.83. The average Bonchev–Trinajstić information content (AvgIpc) is 3.28. The zero-order valence-corrected chi connectivity index (χ0v) is 14.0. The molecular weight excluding hydrogens is 322 g/mol. The standard InChI is InChI=1S/C18H19N3O4/c1-20-14(4-7-19-20)17(22)12-5-8-21(9-6-12)18(23)13-2-3-15-16(10-13)25-11-24-15/h2-4,7,10,12H,5-6,8-9,11H2,1H3. The van der Waals surface area contributed by atoms with Gasteiger partial charge in [-0.15, -0.1) is 0 Å². The second-order valence-corrected chi connectivity index (χ2v) is 6.34. The predicted octanol–water partition coefficient (Wildman–Crippen LogP) is 1.88. The second-order valence-electron chi connectivity index (χ2n) is 6.34. The fourth-order valence-corrected chi connectivity index (χ4v) is 3.38. The van der Waals surface area contributed by atoms with Crippen molar-refractivity contribution in [2.24, 2.45) is 13.0 Å². The molecule has 7 heteroatoms. The van der Waals surface area contributed by atoms with Crippen LogP contribution in [0.3, 0.4) is 0 Å². The zero-order chi connectivity index (χ0) is 17.4. The lowest BCUT2D eigenvalue weighted by molar-refractivity contribution is 0.0647. The van der Waals surface area contributed by atoms with Crippen molar-refractivity contribution < 1.29 is 19.1 Å². The molecule has 0 aliphatic carbocycles. The Bertz CT molecular complexity index is 821. The number of ketones is 1. The molecule has 2 aliphatic rings. The van der Waals surface area contributed by atoms with E-state index < -0.39 is 0 Å². The summed E-state index contributed by atoms with van der Waals surface area (Å²) in [5, 5.41) is 4.05. The third-order valence-corrected chi connectivity index (χ3v) is 4.85. The summed E-state index contributed by atoms with van der Waals surface area (Å²) in [7, 11) is 1.77. The summed E-state index contributed by atoms with van der Waals surface area (Å²) >= 11 is 0. The highest BCUT2D eigenvalue weighted by Crippen LogP contribution is 2.33. The minimum absolute atomic E-state index is 0.0373. The van der Waals surface area contributed by atoms with Gasteiger partial charge in [-0.2, -0.15) is 5.10 Å². The van der Waals surface area contributed by atoms with Crippen LogP contribution in [0, 0.1) is 5.92 Å². The molecule has 1 aromatic carbocycles. The largest absolute Gasteiger partial charge is 0.454 e. The number of ether oxygens (including phenoxy) is 2. The molecule has 7 nitrogen and oxygen atoms in total. The van der Waals surface area contributed by atoms with E-state index in [-0.39, 0.29) is 24.4 Å². The average molecular weight is 341 g/mol. The van der Waals surface area contributed by atoms with Crippen molar-refractivity contribution >= 4 is 11.7 Å². The summed E-state index contributed by atoms with van der Waals surface area (Å²) in [4.78, 5) is 27.0. The number of fused-ring (bicyclic) bond motifs is 1. The number of nitrogens with zero attached hydrogens (tertiary/aromatic N) is 3. The van der Waals surface area contributed by atoms with Gasteiger partial charge in [-0.05, 0) is 37.1 Å². The van der Waals surface area contributed by atoms with Gasteiger partial charge in [0.2, 0.25) is 6.79 Å². The maximum atomic E-state index is 12.7. The first-order valence-corrected chi connectivity index (χ1v) is 8.34. The van der Waals surface area contributed by atoms with Gasteiger partial charge in [-0.1, -0.05) is 0 Å². The number of carbonyl (C=O) groups is 2. The molecule has 0 bridgehead atoms. The fourth-order valence-electron chi connectivity index (χ4n) is 3.38. The number of likely N-dealkylation sites (tertiary alicyclic amines) is 1. The van der Waals surface area contributed by atoms with Crippen LogP contribution in [0.15, 0.2) is 30.5 Å². The van der Waals surface area contributed by atoms with Crippen LogP contribution in [0.1, 0.15) is 33.7 Å². The molecule has 2 aromatic rings. The normalized spacial score (nSPS) is 16.9. The van der Waals surface area contributed by atoms with Crippen LogP contribution in [-0.2, 0) is 7.05 Å². The topological polar surface area (TPSA) is 73.7 Å². The van der Waals surface area contributed by atoms with Crippen molar-refractivity contribution in [3.8, 4) is 11.5 Å². The lowest BCUT2D eigenvalue weighted by Crippen LogP contribution is -2.40. The first-order chi connectivity index (χ1) is 12.1. The third-order valence-electron chi connectivity index (χ3n) is 4.85. The van der Waals surface area contributed by atoms with Crippen molar-refractivity contribution in [2.75, 3.05) is 19.9 Å². The summed E-state index contributed by atoms with van der Waals surface area (Å²) in [5.41, 5.74) is 1.21. The summed E-state index contributed by atoms with van der Waals surface area (Å²) in [5.74, 6) is 1.28. The number of carbonyl (C=O) groups excluding carboxylic acids is 2. The van der Waals surface area contributed by atoms with Crippen molar-refractivity contribution in [3.05, 3.63) is 41.7 Å². The second kappa shape index (κ2) is 6.23. The van der Waals surface area contributed by atoms with E-state index in [1.54, 1.807) is 47.1 Å². The number of aryl methyl sites for hydroxylation is 1. The van der Waals surface area contributed by atoms with Gasteiger partial charge in [-0.25, -0.2) is 0 Å². The summed E-state index contributed by atoms with van der Waals surface area (Å²) in [6.45, 7) is 1.33. The van der Waals surface area contributed by atoms with Gasteiger partial charge in [0.15, 0.2) is 17.3 Å². The van der Waals surface area contributed by atoms with E-state index in [4.69, 9.17) is 9.47 Å². The Balaban J connectivity index is 1.41. The van der Waals surface area contributed by atoms with Gasteiger partial charge < -0.3 is 14.4 Å². The van der Waals surface area contributed by atoms with E-state index in [1.165, 1.54) is 0 Å².